The minimum absolute atomic E-state index is 0.00149. The van der Waals surface area contributed by atoms with E-state index >= 15 is 0 Å². The molecule has 3 aromatic rings. The summed E-state index contributed by atoms with van der Waals surface area (Å²) in [5.74, 6) is 0.134. The van der Waals surface area contributed by atoms with Crippen molar-refractivity contribution in [3.8, 4) is 11.1 Å². The van der Waals surface area contributed by atoms with Crippen molar-refractivity contribution in [2.75, 3.05) is 37.6 Å². The van der Waals surface area contributed by atoms with Crippen LogP contribution in [0.15, 0.2) is 60.1 Å². The van der Waals surface area contributed by atoms with Gasteiger partial charge in [-0.3, -0.25) is 14.5 Å². The summed E-state index contributed by atoms with van der Waals surface area (Å²) in [6.07, 6.45) is 2.16. The number of nitrogens with zero attached hydrogens (tertiary/aromatic N) is 4. The highest BCUT2D eigenvalue weighted by Gasteiger charge is 2.36. The van der Waals surface area contributed by atoms with Crippen LogP contribution < -0.4 is 4.90 Å². The first-order valence-electron chi connectivity index (χ1n) is 11.2. The van der Waals surface area contributed by atoms with Gasteiger partial charge in [0.1, 0.15) is 0 Å². The van der Waals surface area contributed by atoms with Crippen molar-refractivity contribution >= 4 is 28.8 Å². The van der Waals surface area contributed by atoms with Gasteiger partial charge in [-0.15, -0.1) is 11.3 Å². The Hall–Kier alpha value is -3.07. The number of aliphatic hydroxyl groups is 1. The number of thiazole rings is 1. The summed E-state index contributed by atoms with van der Waals surface area (Å²) in [5, 5.41) is 11.7. The second-order valence-electron chi connectivity index (χ2n) is 8.43. The van der Waals surface area contributed by atoms with E-state index in [4.69, 9.17) is 0 Å². The predicted molar refractivity (Wildman–Crippen MR) is 128 cm³/mol. The van der Waals surface area contributed by atoms with Crippen LogP contribution in [0.3, 0.4) is 0 Å². The molecule has 0 radical (unpaired) electrons. The van der Waals surface area contributed by atoms with Crippen molar-refractivity contribution in [2.24, 2.45) is 0 Å². The fourth-order valence-electron chi connectivity index (χ4n) is 4.62. The molecule has 1 N–H and O–H groups in total. The number of rotatable bonds is 5. The zero-order valence-electron chi connectivity index (χ0n) is 18.3. The van der Waals surface area contributed by atoms with Gasteiger partial charge < -0.3 is 14.9 Å². The molecule has 0 spiro atoms. The average molecular weight is 463 g/mol. The molecule has 2 aromatic carbocycles. The molecule has 0 bridgehead atoms. The van der Waals surface area contributed by atoms with E-state index in [1.54, 1.807) is 6.20 Å². The number of aromatic nitrogens is 1. The number of aliphatic hydroxyl groups excluding tert-OH is 1. The van der Waals surface area contributed by atoms with E-state index in [1.165, 1.54) is 11.3 Å². The van der Waals surface area contributed by atoms with E-state index < -0.39 is 0 Å². The molecule has 0 saturated carbocycles. The quantitative estimate of drug-likeness (QED) is 0.631. The topological polar surface area (TPSA) is 77.0 Å². The minimum Gasteiger partial charge on any atom is -0.392 e. The number of benzene rings is 2. The number of carbonyl (C=O) groups is 2. The summed E-state index contributed by atoms with van der Waals surface area (Å²) >= 11 is 1.37. The Kier molecular flexibility index (Phi) is 6.22. The Bertz CT molecular complexity index is 1120. The Morgan fingerprint density at radius 1 is 1.06 bits per heavy atom. The van der Waals surface area contributed by atoms with Gasteiger partial charge in [-0.25, -0.2) is 4.98 Å². The highest BCUT2D eigenvalue weighted by atomic mass is 32.1. The first-order chi connectivity index (χ1) is 16.1. The number of anilines is 1. The van der Waals surface area contributed by atoms with E-state index in [0.717, 1.165) is 35.5 Å². The summed E-state index contributed by atoms with van der Waals surface area (Å²) in [4.78, 5) is 35.5. The zero-order chi connectivity index (χ0) is 22.8. The van der Waals surface area contributed by atoms with Crippen molar-refractivity contribution in [1.29, 1.82) is 0 Å². The molecule has 1 unspecified atom stereocenters. The largest absolute Gasteiger partial charge is 0.392 e. The van der Waals surface area contributed by atoms with E-state index in [1.807, 2.05) is 63.7 Å². The molecule has 0 aliphatic carbocycles. The van der Waals surface area contributed by atoms with Gasteiger partial charge in [0.15, 0.2) is 5.01 Å². The van der Waals surface area contributed by atoms with Crippen LogP contribution in [0, 0.1) is 0 Å². The van der Waals surface area contributed by atoms with Gasteiger partial charge in [-0.1, -0.05) is 30.3 Å². The number of piperazine rings is 1. The number of amides is 2. The Morgan fingerprint density at radius 3 is 2.55 bits per heavy atom. The molecular formula is C25H26N4O3S. The van der Waals surface area contributed by atoms with Gasteiger partial charge in [-0.05, 0) is 34.9 Å². The maximum Gasteiger partial charge on any atom is 0.282 e. The highest BCUT2D eigenvalue weighted by molar-refractivity contribution is 7.11. The van der Waals surface area contributed by atoms with E-state index in [-0.39, 0.29) is 24.5 Å². The maximum absolute atomic E-state index is 12.8. The molecule has 2 amide bonds. The van der Waals surface area contributed by atoms with Crippen molar-refractivity contribution < 1.29 is 14.7 Å². The average Bonchev–Trinajstić information content (AvgIpc) is 3.54. The maximum atomic E-state index is 12.8. The number of hydrogen-bond acceptors (Lipinski definition) is 6. The molecule has 33 heavy (non-hydrogen) atoms. The second kappa shape index (κ2) is 9.43. The van der Waals surface area contributed by atoms with Gasteiger partial charge in [0, 0.05) is 62.5 Å². The Labute approximate surface area is 196 Å². The van der Waals surface area contributed by atoms with Crippen molar-refractivity contribution in [1.82, 2.24) is 14.8 Å². The van der Waals surface area contributed by atoms with E-state index in [2.05, 4.69) is 9.88 Å². The van der Waals surface area contributed by atoms with Crippen LogP contribution in [0.1, 0.15) is 21.8 Å². The molecule has 1 aromatic heterocycles. The third-order valence-electron chi connectivity index (χ3n) is 6.46. The molecule has 3 heterocycles. The molecule has 5 rings (SSSR count). The van der Waals surface area contributed by atoms with Crippen LogP contribution in [-0.4, -0.2) is 70.5 Å². The van der Waals surface area contributed by atoms with E-state index in [0.29, 0.717) is 31.1 Å². The summed E-state index contributed by atoms with van der Waals surface area (Å²) in [6.45, 7) is 3.53. The molecule has 2 fully saturated rings. The fourth-order valence-corrected chi connectivity index (χ4v) is 5.22. The highest BCUT2D eigenvalue weighted by Crippen LogP contribution is 2.28. The molecule has 8 heteroatoms. The lowest BCUT2D eigenvalue weighted by atomic mass is 10.0. The van der Waals surface area contributed by atoms with Crippen LogP contribution >= 0.6 is 11.3 Å². The molecular weight excluding hydrogens is 436 g/mol. The first kappa shape index (κ1) is 21.8. The molecule has 2 aliphatic rings. The lowest BCUT2D eigenvalue weighted by Crippen LogP contribution is -2.52. The molecule has 2 saturated heterocycles. The van der Waals surface area contributed by atoms with E-state index in [9.17, 15) is 14.7 Å². The Balaban J connectivity index is 1.21. The summed E-state index contributed by atoms with van der Waals surface area (Å²) in [6, 6.07) is 16.0. The number of hydrogen-bond donors (Lipinski definition) is 1. The van der Waals surface area contributed by atoms with Crippen LogP contribution in [0.4, 0.5) is 5.69 Å². The monoisotopic (exact) mass is 462 g/mol. The summed E-state index contributed by atoms with van der Waals surface area (Å²) in [5.41, 5.74) is 3.88. The fraction of sp³-hybridized carbons (Fsp3) is 0.320. The number of carbonyl (C=O) groups excluding carboxylic acids is 2. The summed E-state index contributed by atoms with van der Waals surface area (Å²) in [7, 11) is 0. The lowest BCUT2D eigenvalue weighted by molar-refractivity contribution is -0.117. The van der Waals surface area contributed by atoms with Crippen LogP contribution in [-0.2, 0) is 11.4 Å². The van der Waals surface area contributed by atoms with Crippen LogP contribution in [0.25, 0.3) is 11.1 Å². The SMILES string of the molecule is O=C(c1nccs1)N1CCN(C2CC(=O)N(c3ccc(-c4cccc(CO)c4)cc3)C2)CC1. The van der Waals surface area contributed by atoms with Gasteiger partial charge in [-0.2, -0.15) is 0 Å². The second-order valence-corrected chi connectivity index (χ2v) is 9.33. The molecule has 170 valence electrons. The lowest BCUT2D eigenvalue weighted by Gasteiger charge is -2.37. The third kappa shape index (κ3) is 4.55. The van der Waals surface area contributed by atoms with Crippen molar-refractivity contribution in [3.63, 3.8) is 0 Å². The van der Waals surface area contributed by atoms with Crippen molar-refractivity contribution in [3.05, 3.63) is 70.7 Å². The van der Waals surface area contributed by atoms with Crippen LogP contribution in [0.2, 0.25) is 0 Å². The van der Waals surface area contributed by atoms with Crippen LogP contribution in [0.5, 0.6) is 0 Å². The predicted octanol–water partition coefficient (Wildman–Crippen LogP) is 2.87. The standard InChI is InChI=1S/C25H26N4O3S/c30-17-18-2-1-3-20(14-18)19-4-6-21(7-5-19)29-16-22(15-23(29)31)27-9-11-28(12-10-27)25(32)24-26-8-13-33-24/h1-8,13-14,22,30H,9-12,15-17H2. The third-order valence-corrected chi connectivity index (χ3v) is 7.22. The zero-order valence-corrected chi connectivity index (χ0v) is 19.1. The van der Waals surface area contributed by atoms with Gasteiger partial charge in [0.05, 0.1) is 6.61 Å². The smallest absolute Gasteiger partial charge is 0.282 e. The molecule has 2 aliphatic heterocycles. The minimum atomic E-state index is -0.00149. The van der Waals surface area contributed by atoms with Gasteiger partial charge in [0.25, 0.3) is 5.91 Å². The van der Waals surface area contributed by atoms with Gasteiger partial charge in [0.2, 0.25) is 5.91 Å². The molecule has 1 atom stereocenters. The van der Waals surface area contributed by atoms with Gasteiger partial charge >= 0.3 is 0 Å². The normalized spacial score (nSPS) is 19.3. The van der Waals surface area contributed by atoms with Crippen molar-refractivity contribution in [2.45, 2.75) is 19.1 Å². The Morgan fingerprint density at radius 2 is 1.85 bits per heavy atom. The summed E-state index contributed by atoms with van der Waals surface area (Å²) < 4.78 is 0. The first-order valence-corrected chi connectivity index (χ1v) is 12.0. The molecule has 7 nitrogen and oxygen atoms in total.